The number of pyridine rings is 1. The molecule has 0 fully saturated rings. The van der Waals surface area contributed by atoms with Crippen LogP contribution < -0.4 is 5.32 Å². The molecule has 0 saturated carbocycles. The molecule has 0 aliphatic carbocycles. The lowest BCUT2D eigenvalue weighted by Gasteiger charge is -2.08. The van der Waals surface area contributed by atoms with Crippen LogP contribution in [-0.2, 0) is 13.1 Å². The van der Waals surface area contributed by atoms with Crippen LogP contribution in [0.5, 0.6) is 0 Å². The molecule has 22 heavy (non-hydrogen) atoms. The number of nitrogens with zero attached hydrogens (tertiary/aromatic N) is 1. The van der Waals surface area contributed by atoms with Crippen molar-refractivity contribution >= 4 is 10.9 Å². The van der Waals surface area contributed by atoms with Crippen LogP contribution >= 0.6 is 0 Å². The maximum Gasteiger partial charge on any atom is 0.0705 e. The van der Waals surface area contributed by atoms with Crippen LogP contribution in [0.1, 0.15) is 30.5 Å². The van der Waals surface area contributed by atoms with E-state index in [0.717, 1.165) is 18.6 Å². The van der Waals surface area contributed by atoms with Gasteiger partial charge in [-0.15, -0.1) is 0 Å². The lowest BCUT2D eigenvalue weighted by molar-refractivity contribution is 0.696. The van der Waals surface area contributed by atoms with Gasteiger partial charge in [-0.1, -0.05) is 61.9 Å². The van der Waals surface area contributed by atoms with Crippen LogP contribution in [0.25, 0.3) is 10.9 Å². The minimum Gasteiger partial charge on any atom is -0.309 e. The summed E-state index contributed by atoms with van der Waals surface area (Å²) in [6, 6.07) is 19.0. The van der Waals surface area contributed by atoms with Crippen molar-refractivity contribution in [1.82, 2.24) is 10.3 Å². The second-order valence-electron chi connectivity index (χ2n) is 5.08. The Morgan fingerprint density at radius 3 is 2.36 bits per heavy atom. The summed E-state index contributed by atoms with van der Waals surface area (Å²) in [6.07, 6.45) is 1.88. The zero-order valence-electron chi connectivity index (χ0n) is 13.6. The number of hydrogen-bond acceptors (Lipinski definition) is 2. The third kappa shape index (κ3) is 4.15. The molecule has 114 valence electrons. The van der Waals surface area contributed by atoms with E-state index in [9.17, 15) is 0 Å². The van der Waals surface area contributed by atoms with Crippen molar-refractivity contribution in [2.75, 3.05) is 0 Å². The van der Waals surface area contributed by atoms with Crippen molar-refractivity contribution in [3.63, 3.8) is 0 Å². The third-order valence-corrected chi connectivity index (χ3v) is 3.50. The molecule has 3 aromatic rings. The fourth-order valence-corrected chi connectivity index (χ4v) is 2.36. The van der Waals surface area contributed by atoms with Gasteiger partial charge in [-0.05, 0) is 30.2 Å². The lowest BCUT2D eigenvalue weighted by Crippen LogP contribution is -2.13. The van der Waals surface area contributed by atoms with Crippen LogP contribution in [-0.4, -0.2) is 4.98 Å². The summed E-state index contributed by atoms with van der Waals surface area (Å²) in [6.45, 7) is 7.86. The lowest BCUT2D eigenvalue weighted by atomic mass is 10.1. The summed E-state index contributed by atoms with van der Waals surface area (Å²) in [5, 5.41) is 4.73. The molecule has 1 N–H and O–H groups in total. The van der Waals surface area contributed by atoms with Gasteiger partial charge in [0.25, 0.3) is 0 Å². The highest BCUT2D eigenvalue weighted by Gasteiger charge is 2.00. The summed E-state index contributed by atoms with van der Waals surface area (Å²) in [7, 11) is 0. The van der Waals surface area contributed by atoms with E-state index >= 15 is 0 Å². The van der Waals surface area contributed by atoms with Gasteiger partial charge < -0.3 is 5.32 Å². The van der Waals surface area contributed by atoms with E-state index in [1.54, 1.807) is 0 Å². The Morgan fingerprint density at radius 1 is 0.864 bits per heavy atom. The first-order chi connectivity index (χ1) is 10.8. The monoisotopic (exact) mass is 292 g/mol. The Bertz CT molecular complexity index is 697. The number of para-hydroxylation sites is 1. The Morgan fingerprint density at radius 2 is 1.59 bits per heavy atom. The highest BCUT2D eigenvalue weighted by atomic mass is 14.8. The smallest absolute Gasteiger partial charge is 0.0705 e. The second kappa shape index (κ2) is 8.30. The molecule has 0 aliphatic heterocycles. The number of aromatic nitrogens is 1. The van der Waals surface area contributed by atoms with Crippen LogP contribution in [0.4, 0.5) is 0 Å². The first kappa shape index (κ1) is 16.2. The molecule has 0 radical (unpaired) electrons. The van der Waals surface area contributed by atoms with Crippen molar-refractivity contribution in [1.29, 1.82) is 0 Å². The van der Waals surface area contributed by atoms with Gasteiger partial charge in [-0.3, -0.25) is 4.98 Å². The molecule has 0 bridgehead atoms. The molecular weight excluding hydrogens is 268 g/mol. The quantitative estimate of drug-likeness (QED) is 0.743. The van der Waals surface area contributed by atoms with Crippen molar-refractivity contribution < 1.29 is 0 Å². The molecule has 0 amide bonds. The topological polar surface area (TPSA) is 24.9 Å². The van der Waals surface area contributed by atoms with Crippen LogP contribution in [0.2, 0.25) is 0 Å². The van der Waals surface area contributed by atoms with Gasteiger partial charge in [0, 0.05) is 24.7 Å². The van der Waals surface area contributed by atoms with Crippen LogP contribution in [0.15, 0.2) is 60.8 Å². The molecular formula is C20H24N2. The average Bonchev–Trinajstić information content (AvgIpc) is 2.59. The van der Waals surface area contributed by atoms with Gasteiger partial charge in [0.2, 0.25) is 0 Å². The fourth-order valence-electron chi connectivity index (χ4n) is 2.36. The standard InChI is InChI=1S/C18H18N2.C2H6/c1-14-6-8-15(9-7-14)12-19-13-16-10-11-20-18-5-3-2-4-17(16)18;1-2/h2-11,19H,12-13H2,1H3;1-2H3. The maximum absolute atomic E-state index is 4.39. The summed E-state index contributed by atoms with van der Waals surface area (Å²) in [4.78, 5) is 4.39. The Balaban J connectivity index is 0.000000847. The summed E-state index contributed by atoms with van der Waals surface area (Å²) in [5.41, 5.74) is 4.97. The van der Waals surface area contributed by atoms with Gasteiger partial charge in [0.1, 0.15) is 0 Å². The Labute approximate surface area is 133 Å². The third-order valence-electron chi connectivity index (χ3n) is 3.50. The van der Waals surface area contributed by atoms with Gasteiger partial charge in [0.05, 0.1) is 5.52 Å². The van der Waals surface area contributed by atoms with E-state index in [-0.39, 0.29) is 0 Å². The predicted octanol–water partition coefficient (Wildman–Crippen LogP) is 4.86. The average molecular weight is 292 g/mol. The molecule has 0 saturated heterocycles. The number of fused-ring (bicyclic) bond motifs is 1. The molecule has 0 unspecified atom stereocenters. The fraction of sp³-hybridized carbons (Fsp3) is 0.250. The van der Waals surface area contributed by atoms with Gasteiger partial charge in [0.15, 0.2) is 0 Å². The summed E-state index contributed by atoms with van der Waals surface area (Å²) >= 11 is 0. The second-order valence-corrected chi connectivity index (χ2v) is 5.08. The van der Waals surface area contributed by atoms with E-state index in [1.807, 2.05) is 26.1 Å². The minimum atomic E-state index is 0.858. The number of hydrogen-bond donors (Lipinski definition) is 1. The normalized spacial score (nSPS) is 10.1. The number of benzene rings is 2. The SMILES string of the molecule is CC.Cc1ccc(CNCc2ccnc3ccccc23)cc1. The Kier molecular flexibility index (Phi) is 6.11. The zero-order chi connectivity index (χ0) is 15.8. The Hall–Kier alpha value is -2.19. The van der Waals surface area contributed by atoms with Crippen LogP contribution in [0.3, 0.4) is 0 Å². The van der Waals surface area contributed by atoms with Gasteiger partial charge >= 0.3 is 0 Å². The largest absolute Gasteiger partial charge is 0.309 e. The molecule has 3 rings (SSSR count). The molecule has 2 aromatic carbocycles. The molecule has 0 atom stereocenters. The molecule has 0 aliphatic rings. The molecule has 2 heteroatoms. The highest BCUT2D eigenvalue weighted by Crippen LogP contribution is 2.16. The van der Waals surface area contributed by atoms with E-state index in [4.69, 9.17) is 0 Å². The van der Waals surface area contributed by atoms with Crippen molar-refractivity contribution in [3.05, 3.63) is 77.5 Å². The zero-order valence-corrected chi connectivity index (χ0v) is 13.6. The molecule has 1 aromatic heterocycles. The minimum absolute atomic E-state index is 0.858. The first-order valence-electron chi connectivity index (χ1n) is 7.92. The number of aryl methyl sites for hydroxylation is 1. The van der Waals surface area contributed by atoms with E-state index in [0.29, 0.717) is 0 Å². The maximum atomic E-state index is 4.39. The van der Waals surface area contributed by atoms with E-state index < -0.39 is 0 Å². The predicted molar refractivity (Wildman–Crippen MR) is 94.8 cm³/mol. The van der Waals surface area contributed by atoms with E-state index in [2.05, 4.69) is 65.8 Å². The summed E-state index contributed by atoms with van der Waals surface area (Å²) < 4.78 is 0. The van der Waals surface area contributed by atoms with Gasteiger partial charge in [-0.25, -0.2) is 0 Å². The molecule has 1 heterocycles. The molecule has 0 spiro atoms. The summed E-state index contributed by atoms with van der Waals surface area (Å²) in [5.74, 6) is 0. The first-order valence-corrected chi connectivity index (χ1v) is 7.92. The number of rotatable bonds is 4. The number of nitrogens with one attached hydrogen (secondary N) is 1. The molecule has 2 nitrogen and oxygen atoms in total. The van der Waals surface area contributed by atoms with Crippen molar-refractivity contribution in [3.8, 4) is 0 Å². The van der Waals surface area contributed by atoms with Gasteiger partial charge in [-0.2, -0.15) is 0 Å². The van der Waals surface area contributed by atoms with Crippen molar-refractivity contribution in [2.45, 2.75) is 33.9 Å². The van der Waals surface area contributed by atoms with Crippen LogP contribution in [0, 0.1) is 6.92 Å². The highest BCUT2D eigenvalue weighted by molar-refractivity contribution is 5.81. The van der Waals surface area contributed by atoms with E-state index in [1.165, 1.54) is 22.1 Å². The van der Waals surface area contributed by atoms with Crippen molar-refractivity contribution in [2.24, 2.45) is 0 Å².